The molecule has 0 spiro atoms. The van der Waals surface area contributed by atoms with E-state index in [9.17, 15) is 18.8 Å². The molecule has 6 nitrogen and oxygen atoms in total. The van der Waals surface area contributed by atoms with Gasteiger partial charge in [-0.05, 0) is 55.4 Å². The second-order valence-corrected chi connectivity index (χ2v) is 8.36. The summed E-state index contributed by atoms with van der Waals surface area (Å²) in [5, 5.41) is 0. The van der Waals surface area contributed by atoms with Crippen molar-refractivity contribution in [3.8, 4) is 0 Å². The van der Waals surface area contributed by atoms with Crippen molar-refractivity contribution in [2.24, 2.45) is 17.8 Å². The first kappa shape index (κ1) is 22.2. The molecule has 0 bridgehead atoms. The number of benzene rings is 1. The number of esters is 1. The maximum atomic E-state index is 13.1. The van der Waals surface area contributed by atoms with E-state index in [4.69, 9.17) is 4.74 Å². The SMILES string of the molecule is CCC1CN(C(=O)c2ccc(F)cc2)CCC1CC(=O)N1CCC(C(=O)OC)CC1. The second-order valence-electron chi connectivity index (χ2n) is 8.36. The highest BCUT2D eigenvalue weighted by Crippen LogP contribution is 2.31. The van der Waals surface area contributed by atoms with E-state index in [1.807, 2.05) is 9.80 Å². The van der Waals surface area contributed by atoms with Crippen molar-refractivity contribution in [3.05, 3.63) is 35.6 Å². The molecule has 1 aromatic rings. The number of hydrogen-bond donors (Lipinski definition) is 0. The molecule has 2 unspecified atom stereocenters. The Morgan fingerprint density at radius 2 is 1.63 bits per heavy atom. The molecular formula is C23H31FN2O4. The molecule has 2 heterocycles. The van der Waals surface area contributed by atoms with Crippen LogP contribution in [0.15, 0.2) is 24.3 Å². The molecule has 2 fully saturated rings. The monoisotopic (exact) mass is 418 g/mol. The van der Waals surface area contributed by atoms with Gasteiger partial charge in [-0.3, -0.25) is 14.4 Å². The maximum Gasteiger partial charge on any atom is 0.308 e. The first-order chi connectivity index (χ1) is 14.4. The highest BCUT2D eigenvalue weighted by Gasteiger charge is 2.34. The first-order valence-electron chi connectivity index (χ1n) is 10.8. The van der Waals surface area contributed by atoms with E-state index < -0.39 is 0 Å². The molecule has 0 radical (unpaired) electrons. The number of carbonyl (C=O) groups excluding carboxylic acids is 3. The lowest BCUT2D eigenvalue weighted by atomic mass is 9.81. The number of rotatable bonds is 5. The molecule has 7 heteroatoms. The van der Waals surface area contributed by atoms with Gasteiger partial charge >= 0.3 is 5.97 Å². The van der Waals surface area contributed by atoms with Gasteiger partial charge < -0.3 is 14.5 Å². The topological polar surface area (TPSA) is 66.9 Å². The summed E-state index contributed by atoms with van der Waals surface area (Å²) in [4.78, 5) is 40.9. The predicted octanol–water partition coefficient (Wildman–Crippen LogP) is 3.12. The lowest BCUT2D eigenvalue weighted by Gasteiger charge is -2.39. The Morgan fingerprint density at radius 3 is 2.23 bits per heavy atom. The van der Waals surface area contributed by atoms with Crippen molar-refractivity contribution in [1.82, 2.24) is 9.80 Å². The number of hydrogen-bond acceptors (Lipinski definition) is 4. The van der Waals surface area contributed by atoms with Crippen molar-refractivity contribution in [2.45, 2.75) is 39.0 Å². The molecule has 2 amide bonds. The number of carbonyl (C=O) groups is 3. The Balaban J connectivity index is 1.53. The van der Waals surface area contributed by atoms with Gasteiger partial charge in [0, 0.05) is 38.2 Å². The molecule has 164 valence electrons. The molecule has 0 aromatic heterocycles. The molecule has 3 rings (SSSR count). The van der Waals surface area contributed by atoms with Crippen molar-refractivity contribution in [3.63, 3.8) is 0 Å². The summed E-state index contributed by atoms with van der Waals surface area (Å²) in [5.41, 5.74) is 0.495. The van der Waals surface area contributed by atoms with Crippen LogP contribution in [0, 0.1) is 23.6 Å². The molecule has 0 saturated carbocycles. The fourth-order valence-corrected chi connectivity index (χ4v) is 4.66. The van der Waals surface area contributed by atoms with Crippen molar-refractivity contribution < 1.29 is 23.5 Å². The minimum absolute atomic E-state index is 0.0805. The minimum Gasteiger partial charge on any atom is -0.469 e. The molecule has 2 atom stereocenters. The van der Waals surface area contributed by atoms with Crippen LogP contribution in [0.25, 0.3) is 0 Å². The highest BCUT2D eigenvalue weighted by molar-refractivity contribution is 5.94. The lowest BCUT2D eigenvalue weighted by molar-refractivity contribution is -0.149. The van der Waals surface area contributed by atoms with Crippen LogP contribution in [0.1, 0.15) is 49.4 Å². The summed E-state index contributed by atoms with van der Waals surface area (Å²) in [7, 11) is 1.40. The Morgan fingerprint density at radius 1 is 1.00 bits per heavy atom. The van der Waals surface area contributed by atoms with Gasteiger partial charge in [0.2, 0.25) is 5.91 Å². The maximum absolute atomic E-state index is 13.1. The van der Waals surface area contributed by atoms with Gasteiger partial charge in [-0.2, -0.15) is 0 Å². The third-order valence-corrected chi connectivity index (χ3v) is 6.61. The molecule has 1 aromatic carbocycles. The highest BCUT2D eigenvalue weighted by atomic mass is 19.1. The van der Waals surface area contributed by atoms with Crippen molar-refractivity contribution in [2.75, 3.05) is 33.3 Å². The van der Waals surface area contributed by atoms with Crippen LogP contribution < -0.4 is 0 Å². The van der Waals surface area contributed by atoms with E-state index >= 15 is 0 Å². The van der Waals surface area contributed by atoms with Gasteiger partial charge in [0.25, 0.3) is 5.91 Å². The van der Waals surface area contributed by atoms with E-state index in [2.05, 4.69) is 6.92 Å². The summed E-state index contributed by atoms with van der Waals surface area (Å²) in [5.74, 6) is -0.0821. The van der Waals surface area contributed by atoms with Gasteiger partial charge in [-0.25, -0.2) is 4.39 Å². The molecule has 0 N–H and O–H groups in total. The number of ether oxygens (including phenoxy) is 1. The standard InChI is InChI=1S/C23H31FN2O4/c1-3-16-15-26(22(28)17-4-6-20(24)7-5-17)13-10-19(16)14-21(27)25-11-8-18(9-12-25)23(29)30-2/h4-7,16,18-19H,3,8-15H2,1-2H3. The van der Waals surface area contributed by atoms with E-state index in [1.165, 1.54) is 31.4 Å². The Bertz CT molecular complexity index is 759. The first-order valence-corrected chi connectivity index (χ1v) is 10.8. The van der Waals surface area contributed by atoms with Crippen LogP contribution in [0.5, 0.6) is 0 Å². The van der Waals surface area contributed by atoms with Crippen molar-refractivity contribution >= 4 is 17.8 Å². The zero-order valence-corrected chi connectivity index (χ0v) is 17.8. The van der Waals surface area contributed by atoms with Gasteiger partial charge in [-0.1, -0.05) is 13.3 Å². The van der Waals surface area contributed by atoms with Gasteiger partial charge in [0.1, 0.15) is 5.82 Å². The van der Waals surface area contributed by atoms with E-state index in [-0.39, 0.29) is 41.4 Å². The number of piperidine rings is 2. The van der Waals surface area contributed by atoms with E-state index in [0.717, 1.165) is 12.8 Å². The third kappa shape index (κ3) is 5.18. The quantitative estimate of drug-likeness (QED) is 0.689. The summed E-state index contributed by atoms with van der Waals surface area (Å²) >= 11 is 0. The van der Waals surface area contributed by atoms with Crippen molar-refractivity contribution in [1.29, 1.82) is 0 Å². The number of likely N-dealkylation sites (tertiary alicyclic amines) is 2. The van der Waals surface area contributed by atoms with Crippen LogP contribution in [0.3, 0.4) is 0 Å². The van der Waals surface area contributed by atoms with Crippen LogP contribution >= 0.6 is 0 Å². The predicted molar refractivity (Wildman–Crippen MR) is 110 cm³/mol. The Hall–Kier alpha value is -2.44. The fraction of sp³-hybridized carbons (Fsp3) is 0.609. The zero-order chi connectivity index (χ0) is 21.7. The van der Waals surface area contributed by atoms with Gasteiger partial charge in [-0.15, -0.1) is 0 Å². The van der Waals surface area contributed by atoms with Crippen LogP contribution in [0.2, 0.25) is 0 Å². The largest absolute Gasteiger partial charge is 0.469 e. The Labute approximate surface area is 177 Å². The van der Waals surface area contributed by atoms with E-state index in [1.54, 1.807) is 0 Å². The van der Waals surface area contributed by atoms with Crippen LogP contribution in [0.4, 0.5) is 4.39 Å². The number of nitrogens with zero attached hydrogens (tertiary/aromatic N) is 2. The van der Waals surface area contributed by atoms with Gasteiger partial charge in [0.05, 0.1) is 13.0 Å². The Kier molecular flexibility index (Phi) is 7.45. The zero-order valence-electron chi connectivity index (χ0n) is 17.8. The number of halogens is 1. The normalized spacial score (nSPS) is 22.6. The molecule has 2 saturated heterocycles. The minimum atomic E-state index is -0.356. The average molecular weight is 419 g/mol. The van der Waals surface area contributed by atoms with Crippen LogP contribution in [-0.4, -0.2) is 60.9 Å². The third-order valence-electron chi connectivity index (χ3n) is 6.61. The number of methoxy groups -OCH3 is 1. The molecule has 2 aliphatic heterocycles. The average Bonchev–Trinajstić information content (AvgIpc) is 2.78. The molecule has 30 heavy (non-hydrogen) atoms. The molecular weight excluding hydrogens is 387 g/mol. The summed E-state index contributed by atoms with van der Waals surface area (Å²) < 4.78 is 17.9. The summed E-state index contributed by atoms with van der Waals surface area (Å²) in [6.45, 7) is 4.51. The number of amides is 2. The molecule has 0 aliphatic carbocycles. The second kappa shape index (κ2) is 10.0. The van der Waals surface area contributed by atoms with E-state index in [0.29, 0.717) is 51.0 Å². The molecule has 2 aliphatic rings. The summed E-state index contributed by atoms with van der Waals surface area (Å²) in [6, 6.07) is 5.65. The lowest BCUT2D eigenvalue weighted by Crippen LogP contribution is -2.46. The summed E-state index contributed by atoms with van der Waals surface area (Å²) in [6.07, 6.45) is 3.48. The fourth-order valence-electron chi connectivity index (χ4n) is 4.66. The smallest absolute Gasteiger partial charge is 0.308 e. The van der Waals surface area contributed by atoms with Crippen LogP contribution in [-0.2, 0) is 14.3 Å². The van der Waals surface area contributed by atoms with Gasteiger partial charge in [0.15, 0.2) is 0 Å².